The first kappa shape index (κ1) is 17.9. The predicted octanol–water partition coefficient (Wildman–Crippen LogP) is 4.20. The molecule has 0 unspecified atom stereocenters. The molecule has 2 aromatic carbocycles. The van der Waals surface area contributed by atoms with E-state index in [4.69, 9.17) is 16.1 Å². The van der Waals surface area contributed by atoms with E-state index in [0.29, 0.717) is 34.7 Å². The van der Waals surface area contributed by atoms with Crippen molar-refractivity contribution in [1.82, 2.24) is 19.9 Å². The summed E-state index contributed by atoms with van der Waals surface area (Å²) >= 11 is 5.92. The van der Waals surface area contributed by atoms with Gasteiger partial charge in [-0.05, 0) is 48.9 Å². The van der Waals surface area contributed by atoms with Crippen molar-refractivity contribution in [3.8, 4) is 11.5 Å². The highest BCUT2D eigenvalue weighted by Crippen LogP contribution is 2.19. The first-order valence-electron chi connectivity index (χ1n) is 8.57. The van der Waals surface area contributed by atoms with E-state index in [1.807, 2.05) is 24.3 Å². The third-order valence-corrected chi connectivity index (χ3v) is 4.38. The van der Waals surface area contributed by atoms with Crippen LogP contribution in [0.5, 0.6) is 0 Å². The van der Waals surface area contributed by atoms with Crippen molar-refractivity contribution in [1.29, 1.82) is 0 Å². The van der Waals surface area contributed by atoms with Crippen LogP contribution in [0, 0.1) is 6.92 Å². The molecule has 8 heteroatoms. The molecule has 1 amide bonds. The number of nitrogens with one attached hydrogen (secondary N) is 1. The number of anilines is 1. The normalized spacial score (nSPS) is 10.8. The van der Waals surface area contributed by atoms with Gasteiger partial charge in [0.2, 0.25) is 0 Å². The average Bonchev–Trinajstić information content (AvgIpc) is 3.33. The second-order valence-electron chi connectivity index (χ2n) is 6.18. The largest absolute Gasteiger partial charge is 0.334 e. The predicted molar refractivity (Wildman–Crippen MR) is 105 cm³/mol. The number of rotatable bonds is 5. The Morgan fingerprint density at radius 3 is 2.54 bits per heavy atom. The summed E-state index contributed by atoms with van der Waals surface area (Å²) in [6, 6.07) is 16.2. The number of amides is 1. The summed E-state index contributed by atoms with van der Waals surface area (Å²) in [5.74, 6) is 1.36. The zero-order chi connectivity index (χ0) is 19.5. The molecule has 140 valence electrons. The summed E-state index contributed by atoms with van der Waals surface area (Å²) < 4.78 is 6.85. The molecule has 4 aromatic rings. The van der Waals surface area contributed by atoms with Crippen molar-refractivity contribution < 1.29 is 9.32 Å². The molecule has 7 nitrogen and oxygen atoms in total. The summed E-state index contributed by atoms with van der Waals surface area (Å²) in [6.45, 7) is 2.28. The lowest BCUT2D eigenvalue weighted by atomic mass is 10.1. The third-order valence-electron chi connectivity index (χ3n) is 4.13. The van der Waals surface area contributed by atoms with Crippen LogP contribution < -0.4 is 5.32 Å². The number of benzene rings is 2. The molecule has 0 atom stereocenters. The molecule has 0 aliphatic rings. The average molecular weight is 394 g/mol. The van der Waals surface area contributed by atoms with Gasteiger partial charge in [0, 0.05) is 22.2 Å². The number of carbonyl (C=O) groups is 1. The summed E-state index contributed by atoms with van der Waals surface area (Å²) in [6.07, 6.45) is 1.65. The van der Waals surface area contributed by atoms with E-state index in [9.17, 15) is 4.79 Å². The van der Waals surface area contributed by atoms with Crippen LogP contribution in [0.1, 0.15) is 21.7 Å². The molecule has 0 radical (unpaired) electrons. The first-order chi connectivity index (χ1) is 13.6. The Kier molecular flexibility index (Phi) is 4.90. The maximum absolute atomic E-state index is 12.6. The molecule has 0 bridgehead atoms. The Labute approximate surface area is 166 Å². The van der Waals surface area contributed by atoms with E-state index in [1.165, 1.54) is 0 Å². The Hall–Kier alpha value is -3.45. The smallest absolute Gasteiger partial charge is 0.257 e. The maximum Gasteiger partial charge on any atom is 0.257 e. The highest BCUT2D eigenvalue weighted by molar-refractivity contribution is 6.30. The zero-order valence-electron chi connectivity index (χ0n) is 15.0. The first-order valence-corrected chi connectivity index (χ1v) is 8.94. The van der Waals surface area contributed by atoms with Gasteiger partial charge in [0.25, 0.3) is 11.8 Å². The van der Waals surface area contributed by atoms with Crippen LogP contribution in [0.25, 0.3) is 11.5 Å². The lowest BCUT2D eigenvalue weighted by Crippen LogP contribution is -2.16. The molecule has 0 aliphatic carbocycles. The van der Waals surface area contributed by atoms with Crippen LogP contribution in [0.4, 0.5) is 5.82 Å². The van der Waals surface area contributed by atoms with Crippen LogP contribution in [0.15, 0.2) is 65.3 Å². The molecular weight excluding hydrogens is 378 g/mol. The molecule has 4 rings (SSSR count). The van der Waals surface area contributed by atoms with Gasteiger partial charge in [-0.1, -0.05) is 28.9 Å². The van der Waals surface area contributed by atoms with Crippen LogP contribution in [0.3, 0.4) is 0 Å². The fourth-order valence-corrected chi connectivity index (χ4v) is 2.82. The number of aryl methyl sites for hydroxylation is 1. The highest BCUT2D eigenvalue weighted by atomic mass is 35.5. The minimum atomic E-state index is -0.230. The Bertz CT molecular complexity index is 1100. The minimum Gasteiger partial charge on any atom is -0.334 e. The molecule has 28 heavy (non-hydrogen) atoms. The standard InChI is InChI=1S/C20H16ClN5O2/c1-13-23-20(28-25-13)16-6-4-15(5-7-16)19(27)24-18-10-11-22-26(18)12-14-2-8-17(21)9-3-14/h2-11H,12H2,1H3,(H,24,27). The van der Waals surface area contributed by atoms with Gasteiger partial charge < -0.3 is 9.84 Å². The second-order valence-corrected chi connectivity index (χ2v) is 6.62. The van der Waals surface area contributed by atoms with Gasteiger partial charge in [0.1, 0.15) is 5.82 Å². The number of nitrogens with zero attached hydrogens (tertiary/aromatic N) is 4. The van der Waals surface area contributed by atoms with Crippen molar-refractivity contribution in [2.45, 2.75) is 13.5 Å². The summed E-state index contributed by atoms with van der Waals surface area (Å²) in [4.78, 5) is 16.8. The fourth-order valence-electron chi connectivity index (χ4n) is 2.69. The van der Waals surface area contributed by atoms with E-state index < -0.39 is 0 Å². The van der Waals surface area contributed by atoms with Gasteiger partial charge in [-0.2, -0.15) is 10.1 Å². The lowest BCUT2D eigenvalue weighted by molar-refractivity contribution is 0.102. The number of halogens is 1. The number of hydrogen-bond acceptors (Lipinski definition) is 5. The van der Waals surface area contributed by atoms with E-state index in [0.717, 1.165) is 11.1 Å². The van der Waals surface area contributed by atoms with Crippen molar-refractivity contribution in [2.24, 2.45) is 0 Å². The molecule has 0 saturated carbocycles. The van der Waals surface area contributed by atoms with Crippen LogP contribution in [0.2, 0.25) is 5.02 Å². The van der Waals surface area contributed by atoms with Gasteiger partial charge >= 0.3 is 0 Å². The monoisotopic (exact) mass is 393 g/mol. The topological polar surface area (TPSA) is 85.8 Å². The van der Waals surface area contributed by atoms with E-state index >= 15 is 0 Å². The molecule has 1 N–H and O–H groups in total. The number of hydrogen-bond donors (Lipinski definition) is 1. The van der Waals surface area contributed by atoms with Crippen LogP contribution >= 0.6 is 11.6 Å². The molecular formula is C20H16ClN5O2. The molecule has 0 spiro atoms. The van der Waals surface area contributed by atoms with Gasteiger partial charge in [-0.3, -0.25) is 4.79 Å². The van der Waals surface area contributed by atoms with Crippen LogP contribution in [-0.2, 0) is 6.54 Å². The Balaban J connectivity index is 1.47. The SMILES string of the molecule is Cc1noc(-c2ccc(C(=O)Nc3ccnn3Cc3ccc(Cl)cc3)cc2)n1. The Morgan fingerprint density at radius 2 is 1.86 bits per heavy atom. The van der Waals surface area contributed by atoms with E-state index in [1.54, 1.807) is 48.1 Å². The van der Waals surface area contributed by atoms with E-state index in [-0.39, 0.29) is 5.91 Å². The van der Waals surface area contributed by atoms with Crippen molar-refractivity contribution in [2.75, 3.05) is 5.32 Å². The summed E-state index contributed by atoms with van der Waals surface area (Å²) in [5.41, 5.74) is 2.30. The number of aromatic nitrogens is 4. The summed E-state index contributed by atoms with van der Waals surface area (Å²) in [7, 11) is 0. The second kappa shape index (κ2) is 7.66. The fraction of sp³-hybridized carbons (Fsp3) is 0.100. The minimum absolute atomic E-state index is 0.230. The third kappa shape index (κ3) is 3.94. The molecule has 2 aromatic heterocycles. The molecule has 2 heterocycles. The molecule has 0 aliphatic heterocycles. The molecule has 0 saturated heterocycles. The number of carbonyl (C=O) groups excluding carboxylic acids is 1. The van der Waals surface area contributed by atoms with Gasteiger partial charge in [-0.25, -0.2) is 4.68 Å². The van der Waals surface area contributed by atoms with Crippen LogP contribution in [-0.4, -0.2) is 25.8 Å². The zero-order valence-corrected chi connectivity index (χ0v) is 15.7. The van der Waals surface area contributed by atoms with Crippen molar-refractivity contribution >= 4 is 23.3 Å². The van der Waals surface area contributed by atoms with Crippen molar-refractivity contribution in [3.05, 3.63) is 82.8 Å². The lowest BCUT2D eigenvalue weighted by Gasteiger charge is -2.09. The van der Waals surface area contributed by atoms with Gasteiger partial charge in [-0.15, -0.1) is 0 Å². The summed E-state index contributed by atoms with van der Waals surface area (Å²) in [5, 5.41) is 11.6. The quantitative estimate of drug-likeness (QED) is 0.549. The van der Waals surface area contributed by atoms with Gasteiger partial charge in [0.05, 0.1) is 12.7 Å². The Morgan fingerprint density at radius 1 is 1.11 bits per heavy atom. The highest BCUT2D eigenvalue weighted by Gasteiger charge is 2.12. The van der Waals surface area contributed by atoms with E-state index in [2.05, 4.69) is 20.6 Å². The maximum atomic E-state index is 12.6. The van der Waals surface area contributed by atoms with Gasteiger partial charge in [0.15, 0.2) is 5.82 Å². The van der Waals surface area contributed by atoms with Crippen molar-refractivity contribution in [3.63, 3.8) is 0 Å². The molecule has 0 fully saturated rings.